The molecule has 0 spiro atoms. The minimum absolute atomic E-state index is 0.0799. The Morgan fingerprint density at radius 2 is 1.62 bits per heavy atom. The lowest BCUT2D eigenvalue weighted by atomic mass is 9.90. The molecule has 1 atom stereocenters. The van der Waals surface area contributed by atoms with Gasteiger partial charge in [-0.05, 0) is 59.3 Å². The van der Waals surface area contributed by atoms with Crippen molar-refractivity contribution < 1.29 is 0 Å². The molecule has 1 unspecified atom stereocenters. The summed E-state index contributed by atoms with van der Waals surface area (Å²) in [4.78, 5) is 1.73. The van der Waals surface area contributed by atoms with Crippen LogP contribution in [0.2, 0.25) is 0 Å². The van der Waals surface area contributed by atoms with Gasteiger partial charge in [0.1, 0.15) is 11.0 Å². The molecule has 0 saturated carbocycles. The lowest BCUT2D eigenvalue weighted by Crippen LogP contribution is -2.40. The predicted octanol–water partition coefficient (Wildman–Crippen LogP) is 7.26. The van der Waals surface area contributed by atoms with Crippen LogP contribution < -0.4 is 5.12 Å². The van der Waals surface area contributed by atoms with Crippen molar-refractivity contribution in [3.05, 3.63) is 133 Å². The summed E-state index contributed by atoms with van der Waals surface area (Å²) >= 11 is 0. The van der Waals surface area contributed by atoms with E-state index in [1.54, 1.807) is 4.80 Å². The first-order valence-electron chi connectivity index (χ1n) is 13.4. The minimum Gasteiger partial charge on any atom is -0.193 e. The van der Waals surface area contributed by atoms with Crippen molar-refractivity contribution in [1.82, 2.24) is 20.0 Å². The fourth-order valence-electron chi connectivity index (χ4n) is 5.60. The first-order valence-corrected chi connectivity index (χ1v) is 13.4. The SMILES string of the molecule is C=C/C=C1/C=CC2C(=NN(c3cccc(-c4cccc(-n5nc6ccc7ccccc7c6n5)c4)c3)N2C)/C1=C/C. The van der Waals surface area contributed by atoms with Gasteiger partial charge < -0.3 is 0 Å². The summed E-state index contributed by atoms with van der Waals surface area (Å²) in [5.41, 5.74) is 9.18. The van der Waals surface area contributed by atoms with Gasteiger partial charge in [0, 0.05) is 18.0 Å². The number of aromatic nitrogens is 3. The Morgan fingerprint density at radius 1 is 0.850 bits per heavy atom. The third kappa shape index (κ3) is 3.89. The second-order valence-electron chi connectivity index (χ2n) is 9.96. The molecule has 0 amide bonds. The Hall–Kier alpha value is -5.07. The number of hydrogen-bond acceptors (Lipinski definition) is 5. The Bertz CT molecular complexity index is 1920. The lowest BCUT2D eigenvalue weighted by molar-refractivity contribution is 0.332. The van der Waals surface area contributed by atoms with Gasteiger partial charge in [0.2, 0.25) is 0 Å². The van der Waals surface area contributed by atoms with E-state index in [0.29, 0.717) is 0 Å². The summed E-state index contributed by atoms with van der Waals surface area (Å²) < 4.78 is 0. The van der Waals surface area contributed by atoms with Crippen molar-refractivity contribution >= 4 is 33.2 Å². The van der Waals surface area contributed by atoms with Crippen LogP contribution in [0.4, 0.5) is 5.69 Å². The summed E-state index contributed by atoms with van der Waals surface area (Å²) in [6.45, 7) is 5.92. The topological polar surface area (TPSA) is 49.6 Å². The van der Waals surface area contributed by atoms with Crippen LogP contribution in [0.5, 0.6) is 0 Å². The van der Waals surface area contributed by atoms with E-state index in [-0.39, 0.29) is 6.04 Å². The maximum atomic E-state index is 5.05. The monoisotopic (exact) mass is 520 g/mol. The summed E-state index contributed by atoms with van der Waals surface area (Å²) in [6.07, 6.45) is 10.3. The van der Waals surface area contributed by atoms with Crippen molar-refractivity contribution in [3.8, 4) is 16.8 Å². The zero-order valence-electron chi connectivity index (χ0n) is 22.4. The van der Waals surface area contributed by atoms with Crippen LogP contribution in [0.3, 0.4) is 0 Å². The number of fused-ring (bicyclic) bond motifs is 4. The van der Waals surface area contributed by atoms with Crippen LogP contribution in [0.1, 0.15) is 6.92 Å². The fourth-order valence-corrected chi connectivity index (χ4v) is 5.60. The van der Waals surface area contributed by atoms with Crippen LogP contribution in [0, 0.1) is 0 Å². The molecule has 1 aromatic heterocycles. The van der Waals surface area contributed by atoms with E-state index in [4.69, 9.17) is 15.3 Å². The van der Waals surface area contributed by atoms with Crippen LogP contribution in [-0.2, 0) is 0 Å². The van der Waals surface area contributed by atoms with Gasteiger partial charge in [-0.3, -0.25) is 0 Å². The summed E-state index contributed by atoms with van der Waals surface area (Å²) in [5, 5.41) is 21.1. The van der Waals surface area contributed by atoms with Gasteiger partial charge >= 0.3 is 0 Å². The molecular weight excluding hydrogens is 492 g/mol. The van der Waals surface area contributed by atoms with E-state index in [1.807, 2.05) is 41.5 Å². The summed E-state index contributed by atoms with van der Waals surface area (Å²) in [5.74, 6) is 0. The number of hydrazone groups is 1. The average molecular weight is 521 g/mol. The highest BCUT2D eigenvalue weighted by Gasteiger charge is 2.36. The van der Waals surface area contributed by atoms with Gasteiger partial charge in [0.25, 0.3) is 0 Å². The third-order valence-electron chi connectivity index (χ3n) is 7.58. The number of hydrazine groups is 1. The number of nitrogens with zero attached hydrogens (tertiary/aromatic N) is 6. The molecule has 5 aromatic rings. The van der Waals surface area contributed by atoms with Gasteiger partial charge in [-0.15, -0.1) is 10.2 Å². The predicted molar refractivity (Wildman–Crippen MR) is 164 cm³/mol. The molecular formula is C34H28N6. The Labute approximate surface area is 233 Å². The van der Waals surface area contributed by atoms with E-state index in [9.17, 15) is 0 Å². The smallest absolute Gasteiger partial charge is 0.121 e. The summed E-state index contributed by atoms with van der Waals surface area (Å²) in [7, 11) is 2.08. The highest BCUT2D eigenvalue weighted by molar-refractivity contribution is 6.12. The van der Waals surface area contributed by atoms with Crippen molar-refractivity contribution in [1.29, 1.82) is 0 Å². The maximum Gasteiger partial charge on any atom is 0.121 e. The first-order chi connectivity index (χ1) is 19.6. The van der Waals surface area contributed by atoms with Crippen molar-refractivity contribution in [2.45, 2.75) is 13.0 Å². The van der Waals surface area contributed by atoms with Crippen LogP contribution in [0.25, 0.3) is 38.6 Å². The molecule has 194 valence electrons. The Balaban J connectivity index is 1.24. The van der Waals surface area contributed by atoms with Crippen molar-refractivity contribution in [2.24, 2.45) is 5.10 Å². The summed E-state index contributed by atoms with van der Waals surface area (Å²) in [6, 6.07) is 29.3. The first kappa shape index (κ1) is 24.0. The van der Waals surface area contributed by atoms with Crippen LogP contribution in [0.15, 0.2) is 138 Å². The highest BCUT2D eigenvalue weighted by atomic mass is 15.8. The van der Waals surface area contributed by atoms with Crippen LogP contribution >= 0.6 is 0 Å². The standard InChI is InChI=1S/C34H28N6/c1-4-10-23-18-20-32-34(29(23)5-2)37-40(38(32)3)28-15-9-13-26(22-28)25-12-8-14-27(21-25)39-35-31-19-17-24-11-6-7-16-30(24)33(31)36-39/h4-22,32H,1H2,2-3H3/b23-10-,29-5+. The molecule has 0 radical (unpaired) electrons. The lowest BCUT2D eigenvalue weighted by Gasteiger charge is -2.28. The number of benzene rings is 4. The van der Waals surface area contributed by atoms with Crippen molar-refractivity contribution in [3.63, 3.8) is 0 Å². The van der Waals surface area contributed by atoms with Crippen molar-refractivity contribution in [2.75, 3.05) is 12.2 Å². The Kier molecular flexibility index (Phi) is 5.76. The molecule has 4 aromatic carbocycles. The maximum absolute atomic E-state index is 5.05. The second kappa shape index (κ2) is 9.59. The minimum atomic E-state index is 0.0799. The van der Waals surface area contributed by atoms with Gasteiger partial charge in [0.15, 0.2) is 0 Å². The molecule has 6 heteroatoms. The zero-order chi connectivity index (χ0) is 27.2. The molecule has 0 saturated heterocycles. The molecule has 1 aliphatic heterocycles. The largest absolute Gasteiger partial charge is 0.193 e. The molecule has 2 heterocycles. The van der Waals surface area contributed by atoms with E-state index in [2.05, 4.69) is 104 Å². The van der Waals surface area contributed by atoms with E-state index >= 15 is 0 Å². The van der Waals surface area contributed by atoms with Gasteiger partial charge in [-0.1, -0.05) is 91.6 Å². The number of hydrogen-bond donors (Lipinski definition) is 0. The molecule has 1 aliphatic carbocycles. The molecule has 0 fully saturated rings. The van der Waals surface area contributed by atoms with Gasteiger partial charge in [0.05, 0.1) is 23.1 Å². The van der Waals surface area contributed by atoms with Gasteiger partial charge in [-0.2, -0.15) is 20.0 Å². The molecule has 6 nitrogen and oxygen atoms in total. The molecule has 0 bridgehead atoms. The fraction of sp³-hybridized carbons (Fsp3) is 0.0882. The number of rotatable bonds is 4. The second-order valence-corrected chi connectivity index (χ2v) is 9.96. The molecule has 0 N–H and O–H groups in total. The number of anilines is 1. The van der Waals surface area contributed by atoms with E-state index in [1.165, 1.54) is 0 Å². The highest BCUT2D eigenvalue weighted by Crippen LogP contribution is 2.34. The molecule has 2 aliphatic rings. The zero-order valence-corrected chi connectivity index (χ0v) is 22.4. The molecule has 7 rings (SSSR count). The normalized spacial score (nSPS) is 19.1. The Morgan fingerprint density at radius 3 is 2.42 bits per heavy atom. The quantitative estimate of drug-likeness (QED) is 0.250. The number of allylic oxidation sites excluding steroid dienone is 5. The van der Waals surface area contributed by atoms with E-state index in [0.717, 1.165) is 61.2 Å². The number of likely N-dealkylation sites (N-methyl/N-ethyl adjacent to an activating group) is 1. The average Bonchev–Trinajstić information content (AvgIpc) is 3.59. The molecule has 40 heavy (non-hydrogen) atoms. The van der Waals surface area contributed by atoms with Gasteiger partial charge in [-0.25, -0.2) is 0 Å². The third-order valence-corrected chi connectivity index (χ3v) is 7.58. The van der Waals surface area contributed by atoms with Crippen LogP contribution in [-0.4, -0.2) is 38.8 Å². The van der Waals surface area contributed by atoms with E-state index < -0.39 is 0 Å².